The number of carbonyl (C=O) groups is 1. The lowest BCUT2D eigenvalue weighted by molar-refractivity contribution is -0.118. The zero-order valence-corrected chi connectivity index (χ0v) is 6.31. The van der Waals surface area contributed by atoms with E-state index in [9.17, 15) is 4.79 Å². The first-order chi connectivity index (χ1) is 4.79. The van der Waals surface area contributed by atoms with Crippen LogP contribution in [0.15, 0.2) is 11.6 Å². The zero-order chi connectivity index (χ0) is 7.40. The molecule has 0 aromatic heterocycles. The molecule has 0 bridgehead atoms. The van der Waals surface area contributed by atoms with E-state index >= 15 is 0 Å². The first kappa shape index (κ1) is 7.32. The molecule has 1 N–H and O–H groups in total. The van der Waals surface area contributed by atoms with Crippen molar-refractivity contribution in [1.29, 1.82) is 0 Å². The first-order valence-corrected chi connectivity index (χ1v) is 3.71. The summed E-state index contributed by atoms with van der Waals surface area (Å²) in [5.41, 5.74) is 1.38. The van der Waals surface area contributed by atoms with Crippen molar-refractivity contribution >= 4 is 5.91 Å². The van der Waals surface area contributed by atoms with E-state index in [-0.39, 0.29) is 5.91 Å². The molecule has 2 nitrogen and oxygen atoms in total. The second kappa shape index (κ2) is 3.40. The lowest BCUT2D eigenvalue weighted by Gasteiger charge is -2.00. The molecule has 0 heterocycles. The van der Waals surface area contributed by atoms with Gasteiger partial charge in [-0.1, -0.05) is 11.6 Å². The van der Waals surface area contributed by atoms with Gasteiger partial charge in [-0.2, -0.15) is 0 Å². The number of carbonyl (C=O) groups excluding carboxylic acids is 1. The van der Waals surface area contributed by atoms with Crippen LogP contribution in [0, 0.1) is 0 Å². The maximum atomic E-state index is 10.5. The van der Waals surface area contributed by atoms with Crippen LogP contribution in [0.1, 0.15) is 26.2 Å². The highest BCUT2D eigenvalue weighted by atomic mass is 16.1. The van der Waals surface area contributed by atoms with Crippen molar-refractivity contribution in [3.63, 3.8) is 0 Å². The summed E-state index contributed by atoms with van der Waals surface area (Å²) in [6, 6.07) is 0. The van der Waals surface area contributed by atoms with Gasteiger partial charge in [0.05, 0.1) is 0 Å². The van der Waals surface area contributed by atoms with E-state index in [4.69, 9.17) is 0 Å². The normalized spacial score (nSPS) is 16.7. The predicted molar refractivity (Wildman–Crippen MR) is 40.6 cm³/mol. The minimum absolute atomic E-state index is 0.0628. The highest BCUT2D eigenvalue weighted by Crippen LogP contribution is 2.15. The summed E-state index contributed by atoms with van der Waals surface area (Å²) < 4.78 is 0. The van der Waals surface area contributed by atoms with Crippen LogP contribution in [0.4, 0.5) is 0 Å². The topological polar surface area (TPSA) is 29.1 Å². The van der Waals surface area contributed by atoms with Crippen molar-refractivity contribution < 1.29 is 4.79 Å². The highest BCUT2D eigenvalue weighted by Gasteiger charge is 2.03. The van der Waals surface area contributed by atoms with Crippen molar-refractivity contribution in [2.75, 3.05) is 6.54 Å². The smallest absolute Gasteiger partial charge is 0.217 e. The molecule has 2 heteroatoms. The fourth-order valence-corrected chi connectivity index (χ4v) is 1.14. The van der Waals surface area contributed by atoms with Crippen molar-refractivity contribution in [3.05, 3.63) is 11.6 Å². The molecule has 0 atom stereocenters. The van der Waals surface area contributed by atoms with Gasteiger partial charge in [-0.05, 0) is 19.3 Å². The molecule has 0 aromatic carbocycles. The van der Waals surface area contributed by atoms with Gasteiger partial charge in [0.1, 0.15) is 0 Å². The molecule has 0 spiro atoms. The SMILES string of the molecule is CC(=O)NCC1=CCCC1. The Labute approximate surface area is 61.3 Å². The lowest BCUT2D eigenvalue weighted by Crippen LogP contribution is -2.21. The second-order valence-electron chi connectivity index (χ2n) is 2.66. The average Bonchev–Trinajstić information content (AvgIpc) is 2.34. The maximum absolute atomic E-state index is 10.5. The number of allylic oxidation sites excluding steroid dienone is 1. The zero-order valence-electron chi connectivity index (χ0n) is 6.31. The lowest BCUT2D eigenvalue weighted by atomic mass is 10.2. The van der Waals surface area contributed by atoms with Crippen LogP contribution in [0.2, 0.25) is 0 Å². The molecule has 0 saturated carbocycles. The third-order valence-corrected chi connectivity index (χ3v) is 1.70. The summed E-state index contributed by atoms with van der Waals surface area (Å²) in [7, 11) is 0. The van der Waals surface area contributed by atoms with Gasteiger partial charge in [0, 0.05) is 13.5 Å². The molecule has 10 heavy (non-hydrogen) atoms. The van der Waals surface area contributed by atoms with Crippen LogP contribution in [0.3, 0.4) is 0 Å². The van der Waals surface area contributed by atoms with Crippen molar-refractivity contribution in [3.8, 4) is 0 Å². The van der Waals surface area contributed by atoms with Crippen molar-refractivity contribution in [2.24, 2.45) is 0 Å². The molecular formula is C8H13NO. The minimum atomic E-state index is 0.0628. The number of rotatable bonds is 2. The van der Waals surface area contributed by atoms with Gasteiger partial charge in [0.25, 0.3) is 0 Å². The van der Waals surface area contributed by atoms with E-state index in [1.54, 1.807) is 6.92 Å². The van der Waals surface area contributed by atoms with Gasteiger partial charge >= 0.3 is 0 Å². The Morgan fingerprint density at radius 2 is 2.60 bits per heavy atom. The van der Waals surface area contributed by atoms with E-state index < -0.39 is 0 Å². The molecule has 1 aliphatic carbocycles. The summed E-state index contributed by atoms with van der Waals surface area (Å²) in [6.07, 6.45) is 5.83. The van der Waals surface area contributed by atoms with Gasteiger partial charge in [-0.25, -0.2) is 0 Å². The average molecular weight is 139 g/mol. The Morgan fingerprint density at radius 3 is 3.10 bits per heavy atom. The monoisotopic (exact) mass is 139 g/mol. The standard InChI is InChI=1S/C8H13NO/c1-7(10)9-6-8-4-2-3-5-8/h4H,2-3,5-6H2,1H3,(H,9,10). The highest BCUT2D eigenvalue weighted by molar-refractivity contribution is 5.73. The molecule has 0 radical (unpaired) electrons. The molecule has 1 rings (SSSR count). The van der Waals surface area contributed by atoms with Gasteiger partial charge in [-0.3, -0.25) is 4.79 Å². The number of amides is 1. The van der Waals surface area contributed by atoms with Gasteiger partial charge in [-0.15, -0.1) is 0 Å². The van der Waals surface area contributed by atoms with Crippen LogP contribution in [-0.2, 0) is 4.79 Å². The third-order valence-electron chi connectivity index (χ3n) is 1.70. The van der Waals surface area contributed by atoms with Gasteiger partial charge in [0.15, 0.2) is 0 Å². The van der Waals surface area contributed by atoms with E-state index in [2.05, 4.69) is 11.4 Å². The molecular weight excluding hydrogens is 126 g/mol. The molecule has 0 fully saturated rings. The Kier molecular flexibility index (Phi) is 2.49. The van der Waals surface area contributed by atoms with Crippen molar-refractivity contribution in [2.45, 2.75) is 26.2 Å². The number of hydrogen-bond donors (Lipinski definition) is 1. The quantitative estimate of drug-likeness (QED) is 0.573. The first-order valence-electron chi connectivity index (χ1n) is 3.71. The summed E-state index contributed by atoms with van der Waals surface area (Å²) >= 11 is 0. The summed E-state index contributed by atoms with van der Waals surface area (Å²) in [4.78, 5) is 10.5. The molecule has 56 valence electrons. The fourth-order valence-electron chi connectivity index (χ4n) is 1.14. The van der Waals surface area contributed by atoms with E-state index in [0.29, 0.717) is 0 Å². The van der Waals surface area contributed by atoms with E-state index in [1.807, 2.05) is 0 Å². The van der Waals surface area contributed by atoms with E-state index in [1.165, 1.54) is 24.8 Å². The van der Waals surface area contributed by atoms with Crippen LogP contribution in [0.5, 0.6) is 0 Å². The number of nitrogens with one attached hydrogen (secondary N) is 1. The summed E-state index contributed by atoms with van der Waals surface area (Å²) in [5.74, 6) is 0.0628. The minimum Gasteiger partial charge on any atom is -0.353 e. The molecule has 1 aliphatic rings. The van der Waals surface area contributed by atoms with Crippen LogP contribution < -0.4 is 5.32 Å². The second-order valence-corrected chi connectivity index (χ2v) is 2.66. The molecule has 0 aromatic rings. The Balaban J connectivity index is 2.19. The Morgan fingerprint density at radius 1 is 1.80 bits per heavy atom. The Bertz CT molecular complexity index is 161. The number of hydrogen-bond acceptors (Lipinski definition) is 1. The van der Waals surface area contributed by atoms with E-state index in [0.717, 1.165) is 6.54 Å². The third kappa shape index (κ3) is 2.21. The summed E-state index contributed by atoms with van der Waals surface area (Å²) in [5, 5.41) is 2.78. The van der Waals surface area contributed by atoms with Gasteiger partial charge in [0.2, 0.25) is 5.91 Å². The maximum Gasteiger partial charge on any atom is 0.217 e. The molecule has 0 aliphatic heterocycles. The van der Waals surface area contributed by atoms with Crippen LogP contribution >= 0.6 is 0 Å². The fraction of sp³-hybridized carbons (Fsp3) is 0.625. The van der Waals surface area contributed by atoms with Crippen LogP contribution in [0.25, 0.3) is 0 Å². The predicted octanol–water partition coefficient (Wildman–Crippen LogP) is 1.23. The van der Waals surface area contributed by atoms with Crippen molar-refractivity contribution in [1.82, 2.24) is 5.32 Å². The molecule has 0 saturated heterocycles. The van der Waals surface area contributed by atoms with Crippen LogP contribution in [-0.4, -0.2) is 12.5 Å². The molecule has 1 amide bonds. The Hall–Kier alpha value is -0.790. The van der Waals surface area contributed by atoms with Gasteiger partial charge < -0.3 is 5.32 Å². The summed E-state index contributed by atoms with van der Waals surface area (Å²) in [6.45, 7) is 2.31. The largest absolute Gasteiger partial charge is 0.353 e. The molecule has 0 unspecified atom stereocenters.